The lowest BCUT2D eigenvalue weighted by atomic mass is 10.0. The summed E-state index contributed by atoms with van der Waals surface area (Å²) in [7, 11) is 0. The monoisotopic (exact) mass is 196 g/mol. The summed E-state index contributed by atoms with van der Waals surface area (Å²) in [4.78, 5) is 11.3. The predicted octanol–water partition coefficient (Wildman–Crippen LogP) is 0.889. The Balaban J connectivity index is 3.51. The van der Waals surface area contributed by atoms with Crippen molar-refractivity contribution in [3.63, 3.8) is 0 Å². The summed E-state index contributed by atoms with van der Waals surface area (Å²) in [5, 5.41) is 2.79. The molecule has 0 aromatic rings. The second-order valence-corrected chi connectivity index (χ2v) is 3.77. The van der Waals surface area contributed by atoms with Crippen LogP contribution in [0.2, 0.25) is 0 Å². The van der Waals surface area contributed by atoms with Gasteiger partial charge in [-0.25, -0.2) is 0 Å². The van der Waals surface area contributed by atoms with Crippen LogP contribution in [0.5, 0.6) is 0 Å². The van der Waals surface area contributed by atoms with Crippen molar-refractivity contribution in [3.05, 3.63) is 0 Å². The molecule has 3 heteroatoms. The zero-order chi connectivity index (χ0) is 11.0. The maximum absolute atomic E-state index is 11.3. The number of rotatable bonds is 6. The highest BCUT2D eigenvalue weighted by Gasteiger charge is 2.11. The largest absolute Gasteiger partial charge is 0.356 e. The number of amides is 1. The normalized spacial score (nSPS) is 12.2. The van der Waals surface area contributed by atoms with Gasteiger partial charge in [0.1, 0.15) is 0 Å². The van der Waals surface area contributed by atoms with Crippen LogP contribution in [0.1, 0.15) is 33.1 Å². The van der Waals surface area contributed by atoms with Gasteiger partial charge in [0.25, 0.3) is 0 Å². The van der Waals surface area contributed by atoms with Crippen molar-refractivity contribution in [1.82, 2.24) is 5.32 Å². The number of terminal acetylenes is 1. The van der Waals surface area contributed by atoms with Gasteiger partial charge in [-0.05, 0) is 12.3 Å². The highest BCUT2D eigenvalue weighted by molar-refractivity contribution is 5.76. The van der Waals surface area contributed by atoms with Crippen molar-refractivity contribution in [2.75, 3.05) is 6.54 Å². The third kappa shape index (κ3) is 6.50. The lowest BCUT2D eigenvalue weighted by Gasteiger charge is -2.14. The van der Waals surface area contributed by atoms with E-state index in [1.54, 1.807) is 0 Å². The molecule has 3 N–H and O–H groups in total. The van der Waals surface area contributed by atoms with Crippen molar-refractivity contribution in [2.24, 2.45) is 11.7 Å². The molecule has 0 saturated carbocycles. The summed E-state index contributed by atoms with van der Waals surface area (Å²) < 4.78 is 0. The fourth-order valence-corrected chi connectivity index (χ4v) is 0.940. The van der Waals surface area contributed by atoms with Crippen LogP contribution in [-0.2, 0) is 4.79 Å². The van der Waals surface area contributed by atoms with Gasteiger partial charge in [-0.1, -0.05) is 13.8 Å². The third-order valence-electron chi connectivity index (χ3n) is 2.10. The number of carbonyl (C=O) groups is 1. The molecular formula is C11H20N2O. The second-order valence-electron chi connectivity index (χ2n) is 3.77. The molecule has 0 aromatic heterocycles. The molecule has 0 rings (SSSR count). The molecule has 0 aliphatic heterocycles. The Morgan fingerprint density at radius 1 is 1.57 bits per heavy atom. The molecule has 3 nitrogen and oxygen atoms in total. The van der Waals surface area contributed by atoms with E-state index in [-0.39, 0.29) is 11.9 Å². The highest BCUT2D eigenvalue weighted by atomic mass is 16.1. The number of nitrogens with one attached hydrogen (secondary N) is 1. The van der Waals surface area contributed by atoms with E-state index in [0.29, 0.717) is 25.3 Å². The van der Waals surface area contributed by atoms with Gasteiger partial charge in [-0.3, -0.25) is 4.79 Å². The predicted molar refractivity (Wildman–Crippen MR) is 58.5 cm³/mol. The Morgan fingerprint density at radius 3 is 2.71 bits per heavy atom. The summed E-state index contributed by atoms with van der Waals surface area (Å²) >= 11 is 0. The van der Waals surface area contributed by atoms with Crippen molar-refractivity contribution in [3.8, 4) is 12.3 Å². The highest BCUT2D eigenvalue weighted by Crippen LogP contribution is 2.02. The van der Waals surface area contributed by atoms with E-state index in [0.717, 1.165) is 6.42 Å². The van der Waals surface area contributed by atoms with Crippen LogP contribution < -0.4 is 11.1 Å². The van der Waals surface area contributed by atoms with Gasteiger partial charge in [-0.2, -0.15) is 0 Å². The summed E-state index contributed by atoms with van der Waals surface area (Å²) in [5.74, 6) is 2.88. The maximum Gasteiger partial charge on any atom is 0.221 e. The van der Waals surface area contributed by atoms with Crippen LogP contribution in [0.25, 0.3) is 0 Å². The topological polar surface area (TPSA) is 55.1 Å². The second kappa shape index (κ2) is 7.40. The molecule has 80 valence electrons. The molecule has 14 heavy (non-hydrogen) atoms. The van der Waals surface area contributed by atoms with E-state index in [1.807, 2.05) is 13.8 Å². The van der Waals surface area contributed by atoms with E-state index in [2.05, 4.69) is 11.2 Å². The van der Waals surface area contributed by atoms with Crippen LogP contribution >= 0.6 is 0 Å². The molecule has 0 fully saturated rings. The number of nitrogens with two attached hydrogens (primary N) is 1. The Labute approximate surface area is 86.4 Å². The first-order chi connectivity index (χ1) is 6.57. The van der Waals surface area contributed by atoms with Crippen molar-refractivity contribution < 1.29 is 4.79 Å². The quantitative estimate of drug-likeness (QED) is 0.489. The smallest absolute Gasteiger partial charge is 0.221 e. The Kier molecular flexibility index (Phi) is 6.87. The fraction of sp³-hybridized carbons (Fsp3) is 0.727. The number of hydrogen-bond donors (Lipinski definition) is 2. The van der Waals surface area contributed by atoms with Gasteiger partial charge in [0.2, 0.25) is 5.91 Å². The van der Waals surface area contributed by atoms with Crippen LogP contribution in [0.3, 0.4) is 0 Å². The van der Waals surface area contributed by atoms with Gasteiger partial charge in [0, 0.05) is 25.4 Å². The lowest BCUT2D eigenvalue weighted by Crippen LogP contribution is -2.35. The summed E-state index contributed by atoms with van der Waals surface area (Å²) in [6, 6.07) is -0.0531. The zero-order valence-electron chi connectivity index (χ0n) is 9.05. The SMILES string of the molecule is C#CCCCNC(=O)CC(N)C(C)C. The molecule has 0 aliphatic carbocycles. The summed E-state index contributed by atoms with van der Waals surface area (Å²) in [5.41, 5.74) is 5.75. The maximum atomic E-state index is 11.3. The van der Waals surface area contributed by atoms with Gasteiger partial charge in [0.15, 0.2) is 0 Å². The number of unbranched alkanes of at least 4 members (excludes halogenated alkanes) is 1. The van der Waals surface area contributed by atoms with Crippen LogP contribution in [0.15, 0.2) is 0 Å². The fourth-order valence-electron chi connectivity index (χ4n) is 0.940. The van der Waals surface area contributed by atoms with Crippen molar-refractivity contribution in [2.45, 2.75) is 39.2 Å². The lowest BCUT2D eigenvalue weighted by molar-refractivity contribution is -0.121. The molecular weight excluding hydrogens is 176 g/mol. The number of carbonyl (C=O) groups excluding carboxylic acids is 1. The van der Waals surface area contributed by atoms with E-state index < -0.39 is 0 Å². The molecule has 1 amide bonds. The van der Waals surface area contributed by atoms with Crippen LogP contribution in [-0.4, -0.2) is 18.5 Å². The molecule has 0 saturated heterocycles. The van der Waals surface area contributed by atoms with E-state index >= 15 is 0 Å². The van der Waals surface area contributed by atoms with Crippen molar-refractivity contribution in [1.29, 1.82) is 0 Å². The van der Waals surface area contributed by atoms with Gasteiger partial charge < -0.3 is 11.1 Å². The Hall–Kier alpha value is -1.01. The first-order valence-corrected chi connectivity index (χ1v) is 5.03. The van der Waals surface area contributed by atoms with Crippen LogP contribution in [0.4, 0.5) is 0 Å². The standard InChI is InChI=1S/C11H20N2O/c1-4-5-6-7-13-11(14)8-10(12)9(2)3/h1,9-10H,5-8,12H2,2-3H3,(H,13,14). The minimum absolute atomic E-state index is 0.0169. The minimum Gasteiger partial charge on any atom is -0.356 e. The average molecular weight is 196 g/mol. The molecule has 0 heterocycles. The zero-order valence-corrected chi connectivity index (χ0v) is 9.05. The van der Waals surface area contributed by atoms with Gasteiger partial charge in [0.05, 0.1) is 0 Å². The Morgan fingerprint density at radius 2 is 2.21 bits per heavy atom. The van der Waals surface area contributed by atoms with E-state index in [4.69, 9.17) is 12.2 Å². The first kappa shape index (κ1) is 13.0. The van der Waals surface area contributed by atoms with E-state index in [1.165, 1.54) is 0 Å². The van der Waals surface area contributed by atoms with Gasteiger partial charge in [-0.15, -0.1) is 12.3 Å². The van der Waals surface area contributed by atoms with Crippen LogP contribution in [0, 0.1) is 18.3 Å². The minimum atomic E-state index is -0.0531. The van der Waals surface area contributed by atoms with Gasteiger partial charge >= 0.3 is 0 Å². The molecule has 1 atom stereocenters. The number of hydrogen-bond acceptors (Lipinski definition) is 2. The summed E-state index contributed by atoms with van der Waals surface area (Å²) in [6.07, 6.45) is 7.02. The third-order valence-corrected chi connectivity index (χ3v) is 2.10. The Bertz CT molecular complexity index is 206. The molecule has 0 spiro atoms. The molecule has 0 aromatic carbocycles. The average Bonchev–Trinajstić information content (AvgIpc) is 2.12. The van der Waals surface area contributed by atoms with E-state index in [9.17, 15) is 4.79 Å². The molecule has 0 aliphatic rings. The van der Waals surface area contributed by atoms with Crippen molar-refractivity contribution >= 4 is 5.91 Å². The molecule has 1 unspecified atom stereocenters. The molecule has 0 radical (unpaired) electrons. The first-order valence-electron chi connectivity index (χ1n) is 5.03. The summed E-state index contributed by atoms with van der Waals surface area (Å²) in [6.45, 7) is 4.67. The molecule has 0 bridgehead atoms.